The summed E-state index contributed by atoms with van der Waals surface area (Å²) in [6.45, 7) is 7.44. The Morgan fingerprint density at radius 1 is 1.27 bits per heavy atom. The van der Waals surface area contributed by atoms with Crippen LogP contribution in [0.25, 0.3) is 0 Å². The van der Waals surface area contributed by atoms with Gasteiger partial charge in [0.2, 0.25) is 0 Å². The number of nitrogens with zero attached hydrogens (tertiary/aromatic N) is 2. The van der Waals surface area contributed by atoms with E-state index in [0.717, 1.165) is 63.0 Å². The summed E-state index contributed by atoms with van der Waals surface area (Å²) in [5.41, 5.74) is 3.31. The second-order valence-corrected chi connectivity index (χ2v) is 11.7. The zero-order valence-corrected chi connectivity index (χ0v) is 23.7. The van der Waals surface area contributed by atoms with Crippen molar-refractivity contribution >= 4 is 11.8 Å². The fourth-order valence-corrected chi connectivity index (χ4v) is 6.05. The van der Waals surface area contributed by atoms with Gasteiger partial charge in [0.25, 0.3) is 0 Å². The molecule has 1 fully saturated rings. The molecule has 2 unspecified atom stereocenters. The number of halogens is 1. The van der Waals surface area contributed by atoms with E-state index in [2.05, 4.69) is 31.3 Å². The lowest BCUT2D eigenvalue weighted by Gasteiger charge is -2.28. The van der Waals surface area contributed by atoms with Gasteiger partial charge in [-0.2, -0.15) is 0 Å². The Kier molecular flexibility index (Phi) is 9.55. The molecule has 1 saturated heterocycles. The number of aromatic nitrogens is 1. The minimum Gasteiger partial charge on any atom is -0.487 e. The number of aryl methyl sites for hydroxylation is 2. The van der Waals surface area contributed by atoms with Gasteiger partial charge in [-0.05, 0) is 74.6 Å². The van der Waals surface area contributed by atoms with Gasteiger partial charge < -0.3 is 24.6 Å². The number of likely N-dealkylation sites (tertiary alicyclic amines) is 1. The van der Waals surface area contributed by atoms with Crippen LogP contribution in [-0.4, -0.2) is 66.0 Å². The van der Waals surface area contributed by atoms with Crippen molar-refractivity contribution in [3.8, 4) is 5.75 Å². The molecule has 0 saturated carbocycles. The van der Waals surface area contributed by atoms with Gasteiger partial charge in [-0.25, -0.2) is 9.37 Å². The Morgan fingerprint density at radius 2 is 2.15 bits per heavy atom. The number of anilines is 1. The first-order valence-electron chi connectivity index (χ1n) is 14.7. The number of ether oxygens (including phenoxy) is 3. The van der Waals surface area contributed by atoms with E-state index in [-0.39, 0.29) is 18.8 Å². The molecule has 0 spiro atoms. The van der Waals surface area contributed by atoms with Gasteiger partial charge in [0, 0.05) is 43.1 Å². The molecule has 0 bridgehead atoms. The molecule has 4 heterocycles. The lowest BCUT2D eigenvalue weighted by atomic mass is 10.00. The van der Waals surface area contributed by atoms with Gasteiger partial charge in [-0.1, -0.05) is 19.9 Å². The van der Waals surface area contributed by atoms with Gasteiger partial charge in [0.1, 0.15) is 29.5 Å². The molecule has 9 heteroatoms. The molecule has 0 amide bonds. The molecule has 2 N–H and O–H groups in total. The monoisotopic (exact) mass is 555 g/mol. The summed E-state index contributed by atoms with van der Waals surface area (Å²) < 4.78 is 32.9. The predicted octanol–water partition coefficient (Wildman–Crippen LogP) is 5.14. The molecule has 5 rings (SSSR count). The Labute approximate surface area is 236 Å². The summed E-state index contributed by atoms with van der Waals surface area (Å²) in [5, 5.41) is 13.7. The van der Waals surface area contributed by atoms with Crippen molar-refractivity contribution in [3.63, 3.8) is 0 Å². The highest BCUT2D eigenvalue weighted by molar-refractivity contribution is 5.77. The van der Waals surface area contributed by atoms with Crippen molar-refractivity contribution in [2.75, 3.05) is 38.2 Å². The van der Waals surface area contributed by atoms with E-state index in [1.54, 1.807) is 0 Å². The van der Waals surface area contributed by atoms with Crippen LogP contribution in [0.1, 0.15) is 74.4 Å². The SMILES string of the molecule is CC(C)CC1COCc2cc(F)cc(C(C(=O)O)N3CC[C@@H](OCCCCc4ccc5c(n4)NCCC5)C3)c2O1. The number of unbranched alkanes of at least 4 members (excludes halogenated alkanes) is 1. The third-order valence-corrected chi connectivity index (χ3v) is 7.94. The smallest absolute Gasteiger partial charge is 0.325 e. The van der Waals surface area contributed by atoms with Crippen LogP contribution in [-0.2, 0) is 33.7 Å². The van der Waals surface area contributed by atoms with Crippen LogP contribution in [0.4, 0.5) is 10.2 Å². The first-order valence-corrected chi connectivity index (χ1v) is 14.7. The Bertz CT molecular complexity index is 1180. The van der Waals surface area contributed by atoms with Crippen LogP contribution in [0.3, 0.4) is 0 Å². The first kappa shape index (κ1) is 28.8. The van der Waals surface area contributed by atoms with Crippen molar-refractivity contribution in [1.82, 2.24) is 9.88 Å². The van der Waals surface area contributed by atoms with E-state index >= 15 is 0 Å². The summed E-state index contributed by atoms with van der Waals surface area (Å²) in [6.07, 6.45) is 6.28. The van der Waals surface area contributed by atoms with Crippen molar-refractivity contribution in [2.24, 2.45) is 5.92 Å². The highest BCUT2D eigenvalue weighted by atomic mass is 19.1. The van der Waals surface area contributed by atoms with E-state index in [1.807, 2.05) is 4.90 Å². The lowest BCUT2D eigenvalue weighted by Crippen LogP contribution is -2.34. The number of nitrogens with one attached hydrogen (secondary N) is 1. The van der Waals surface area contributed by atoms with Gasteiger partial charge in [0.15, 0.2) is 0 Å². The maximum absolute atomic E-state index is 14.7. The van der Waals surface area contributed by atoms with Crippen LogP contribution >= 0.6 is 0 Å². The van der Waals surface area contributed by atoms with Crippen molar-refractivity contribution in [2.45, 2.75) is 83.6 Å². The number of fused-ring (bicyclic) bond motifs is 2. The number of benzene rings is 1. The van der Waals surface area contributed by atoms with E-state index < -0.39 is 17.8 Å². The molecular weight excluding hydrogens is 513 g/mol. The molecule has 8 nitrogen and oxygen atoms in total. The largest absolute Gasteiger partial charge is 0.487 e. The minimum absolute atomic E-state index is 0.0574. The third kappa shape index (κ3) is 7.11. The topological polar surface area (TPSA) is 93.2 Å². The van der Waals surface area contributed by atoms with E-state index in [9.17, 15) is 14.3 Å². The number of pyridine rings is 1. The summed E-state index contributed by atoms with van der Waals surface area (Å²) in [6, 6.07) is 6.00. The normalized spacial score (nSPS) is 21.7. The molecule has 2 aromatic rings. The van der Waals surface area contributed by atoms with Gasteiger partial charge >= 0.3 is 5.97 Å². The molecule has 40 heavy (non-hydrogen) atoms. The maximum Gasteiger partial charge on any atom is 0.325 e. The number of carboxylic acids is 1. The zero-order valence-electron chi connectivity index (χ0n) is 23.7. The number of hydrogen-bond donors (Lipinski definition) is 2. The Morgan fingerprint density at radius 3 is 2.98 bits per heavy atom. The van der Waals surface area contributed by atoms with Crippen LogP contribution in [0.2, 0.25) is 0 Å². The van der Waals surface area contributed by atoms with Crippen molar-refractivity contribution in [1.29, 1.82) is 0 Å². The summed E-state index contributed by atoms with van der Waals surface area (Å²) in [5.74, 6) is 0.368. The summed E-state index contributed by atoms with van der Waals surface area (Å²) in [4.78, 5) is 19.2. The number of hydrogen-bond acceptors (Lipinski definition) is 7. The average Bonchev–Trinajstić information content (AvgIpc) is 3.28. The summed E-state index contributed by atoms with van der Waals surface area (Å²) in [7, 11) is 0. The molecule has 3 atom stereocenters. The molecule has 218 valence electrons. The number of carboxylic acid groups (broad SMARTS) is 1. The Balaban J connectivity index is 1.17. The van der Waals surface area contributed by atoms with Gasteiger partial charge in [-0.3, -0.25) is 9.69 Å². The number of rotatable bonds is 11. The molecular formula is C31H42FN3O5. The van der Waals surface area contributed by atoms with Crippen LogP contribution < -0.4 is 10.1 Å². The van der Waals surface area contributed by atoms with Gasteiger partial charge in [0.05, 0.1) is 19.3 Å². The zero-order chi connectivity index (χ0) is 28.1. The predicted molar refractivity (Wildman–Crippen MR) is 150 cm³/mol. The van der Waals surface area contributed by atoms with Crippen LogP contribution in [0, 0.1) is 11.7 Å². The number of carbonyl (C=O) groups is 1. The molecule has 1 aromatic carbocycles. The fraction of sp³-hybridized carbons (Fsp3) is 0.613. The second kappa shape index (κ2) is 13.3. The fourth-order valence-electron chi connectivity index (χ4n) is 6.05. The van der Waals surface area contributed by atoms with Gasteiger partial charge in [-0.15, -0.1) is 0 Å². The van der Waals surface area contributed by atoms with Crippen molar-refractivity contribution < 1.29 is 28.5 Å². The molecule has 3 aliphatic rings. The highest BCUT2D eigenvalue weighted by Gasteiger charge is 2.37. The van der Waals surface area contributed by atoms with E-state index in [4.69, 9.17) is 19.2 Å². The molecule has 3 aliphatic heterocycles. The quantitative estimate of drug-likeness (QED) is 0.368. The third-order valence-electron chi connectivity index (χ3n) is 7.94. The maximum atomic E-state index is 14.7. The highest BCUT2D eigenvalue weighted by Crippen LogP contribution is 2.38. The van der Waals surface area contributed by atoms with E-state index in [1.165, 1.54) is 17.7 Å². The molecule has 1 aromatic heterocycles. The Hall–Kier alpha value is -2.75. The van der Waals surface area contributed by atoms with Crippen molar-refractivity contribution in [3.05, 3.63) is 52.5 Å². The summed E-state index contributed by atoms with van der Waals surface area (Å²) >= 11 is 0. The van der Waals surface area contributed by atoms with Crippen LogP contribution in [0.5, 0.6) is 5.75 Å². The standard InChI is InChI=1S/C31H42FN3O5/c1-20(2)14-26-19-38-18-22-15-23(32)16-27(29(22)40-26)28(31(36)37)35-12-10-25(17-35)39-13-4-3-7-24-9-8-21-6-5-11-33-30(21)34-24/h8-9,15-16,20,25-26,28H,3-7,10-14,17-19H2,1-2H3,(H,33,34)(H,36,37)/t25-,26?,28?/m1/s1. The lowest BCUT2D eigenvalue weighted by molar-refractivity contribution is -0.143. The number of aliphatic carboxylic acids is 1. The molecule has 0 aliphatic carbocycles. The van der Waals surface area contributed by atoms with Crippen LogP contribution in [0.15, 0.2) is 24.3 Å². The first-order chi connectivity index (χ1) is 19.4. The molecule has 0 radical (unpaired) electrons. The average molecular weight is 556 g/mol. The minimum atomic E-state index is -1.02. The van der Waals surface area contributed by atoms with E-state index in [0.29, 0.717) is 49.1 Å². The second-order valence-electron chi connectivity index (χ2n) is 11.7.